The van der Waals surface area contributed by atoms with Crippen molar-refractivity contribution < 1.29 is 9.59 Å². The first-order valence-corrected chi connectivity index (χ1v) is 11.1. The molecule has 1 saturated heterocycles. The second kappa shape index (κ2) is 8.24. The monoisotopic (exact) mass is 412 g/mol. The van der Waals surface area contributed by atoms with Gasteiger partial charge < -0.3 is 10.2 Å². The van der Waals surface area contributed by atoms with Gasteiger partial charge in [0.2, 0.25) is 11.8 Å². The summed E-state index contributed by atoms with van der Waals surface area (Å²) in [6, 6.07) is 4.32. The third-order valence-corrected chi connectivity index (χ3v) is 6.42. The van der Waals surface area contributed by atoms with Crippen molar-refractivity contribution in [2.75, 3.05) is 38.0 Å². The second-order valence-corrected chi connectivity index (χ2v) is 9.09. The number of rotatable bonds is 5. The Hall–Kier alpha value is -2.25. The van der Waals surface area contributed by atoms with Crippen LogP contribution in [0.3, 0.4) is 0 Å². The Kier molecular flexibility index (Phi) is 5.69. The molecule has 1 aromatic heterocycles. The topological polar surface area (TPSA) is 65.5 Å². The first kappa shape index (κ1) is 20.0. The molecule has 2 aromatic rings. The van der Waals surface area contributed by atoms with Gasteiger partial charge in [0.15, 0.2) is 5.13 Å². The van der Waals surface area contributed by atoms with Gasteiger partial charge in [-0.25, -0.2) is 4.98 Å². The van der Waals surface area contributed by atoms with E-state index in [1.165, 1.54) is 28.0 Å². The lowest BCUT2D eigenvalue weighted by Crippen LogP contribution is -2.50. The van der Waals surface area contributed by atoms with Crippen LogP contribution in [0.2, 0.25) is 0 Å². The molecular formula is C22H28N4O2S. The van der Waals surface area contributed by atoms with Gasteiger partial charge >= 0.3 is 0 Å². The molecule has 1 aromatic carbocycles. The molecule has 7 heteroatoms. The van der Waals surface area contributed by atoms with E-state index in [4.69, 9.17) is 0 Å². The van der Waals surface area contributed by atoms with E-state index in [2.05, 4.69) is 48.1 Å². The molecule has 0 bridgehead atoms. The highest BCUT2D eigenvalue weighted by molar-refractivity contribution is 7.14. The molecule has 2 aliphatic rings. The summed E-state index contributed by atoms with van der Waals surface area (Å²) in [5, 5.41) is 5.57. The van der Waals surface area contributed by atoms with Crippen LogP contribution in [0.1, 0.15) is 29.5 Å². The van der Waals surface area contributed by atoms with Crippen molar-refractivity contribution >= 4 is 28.3 Å². The maximum atomic E-state index is 12.5. The summed E-state index contributed by atoms with van der Waals surface area (Å²) in [5.41, 5.74) is 5.69. The SMILES string of the molecule is Cc1cc(C)c(-c2csc(NC(=O)CN3CCN(C(=O)C4CC4)CC3)n2)c(C)c1. The van der Waals surface area contributed by atoms with E-state index in [0.29, 0.717) is 17.6 Å². The summed E-state index contributed by atoms with van der Waals surface area (Å²) in [4.78, 5) is 33.3. The third kappa shape index (κ3) is 4.67. The summed E-state index contributed by atoms with van der Waals surface area (Å²) >= 11 is 1.46. The largest absolute Gasteiger partial charge is 0.340 e. The zero-order valence-electron chi connectivity index (χ0n) is 17.3. The molecule has 2 heterocycles. The number of carbonyl (C=O) groups is 2. The average molecular weight is 413 g/mol. The smallest absolute Gasteiger partial charge is 0.240 e. The number of piperazine rings is 1. The van der Waals surface area contributed by atoms with Gasteiger partial charge in [0, 0.05) is 43.0 Å². The van der Waals surface area contributed by atoms with Gasteiger partial charge in [0.25, 0.3) is 0 Å². The number of amides is 2. The molecule has 154 valence electrons. The maximum Gasteiger partial charge on any atom is 0.240 e. The fourth-order valence-electron chi connectivity index (χ4n) is 4.11. The van der Waals surface area contributed by atoms with Crippen LogP contribution in [0.25, 0.3) is 11.3 Å². The van der Waals surface area contributed by atoms with Crippen LogP contribution in [0.15, 0.2) is 17.5 Å². The Bertz CT molecular complexity index is 904. The zero-order chi connectivity index (χ0) is 20.5. The van der Waals surface area contributed by atoms with Crippen LogP contribution in [0.4, 0.5) is 5.13 Å². The number of nitrogens with zero attached hydrogens (tertiary/aromatic N) is 3. The molecule has 1 saturated carbocycles. The molecule has 1 aliphatic carbocycles. The van der Waals surface area contributed by atoms with Crippen LogP contribution in [-0.2, 0) is 9.59 Å². The molecule has 1 N–H and O–H groups in total. The van der Waals surface area contributed by atoms with Gasteiger partial charge in [-0.15, -0.1) is 11.3 Å². The van der Waals surface area contributed by atoms with Crippen molar-refractivity contribution in [1.29, 1.82) is 0 Å². The summed E-state index contributed by atoms with van der Waals surface area (Å²) in [6.45, 7) is 9.56. The molecule has 2 fully saturated rings. The van der Waals surface area contributed by atoms with E-state index in [1.54, 1.807) is 0 Å². The minimum Gasteiger partial charge on any atom is -0.340 e. The minimum atomic E-state index is -0.0507. The lowest BCUT2D eigenvalue weighted by Gasteiger charge is -2.34. The van der Waals surface area contributed by atoms with Crippen molar-refractivity contribution in [3.8, 4) is 11.3 Å². The van der Waals surface area contributed by atoms with E-state index in [1.807, 2.05) is 10.3 Å². The number of anilines is 1. The number of hydrogen-bond acceptors (Lipinski definition) is 5. The highest BCUT2D eigenvalue weighted by atomic mass is 32.1. The molecule has 29 heavy (non-hydrogen) atoms. The number of thiazole rings is 1. The van der Waals surface area contributed by atoms with Gasteiger partial charge in [0.05, 0.1) is 12.2 Å². The quantitative estimate of drug-likeness (QED) is 0.819. The van der Waals surface area contributed by atoms with E-state index in [0.717, 1.165) is 50.3 Å². The Morgan fingerprint density at radius 1 is 1.10 bits per heavy atom. The van der Waals surface area contributed by atoms with Crippen LogP contribution in [0, 0.1) is 26.7 Å². The molecule has 0 spiro atoms. The van der Waals surface area contributed by atoms with Crippen LogP contribution in [-0.4, -0.2) is 59.3 Å². The van der Waals surface area contributed by atoms with Gasteiger partial charge in [-0.1, -0.05) is 17.7 Å². The standard InChI is InChI=1S/C22H28N4O2S/c1-14-10-15(2)20(16(3)11-14)18-13-29-22(23-18)24-19(27)12-25-6-8-26(9-7-25)21(28)17-4-5-17/h10-11,13,17H,4-9,12H2,1-3H3,(H,23,24,27). The van der Waals surface area contributed by atoms with Gasteiger partial charge in [-0.05, 0) is 44.7 Å². The fourth-order valence-corrected chi connectivity index (χ4v) is 4.82. The molecule has 0 unspecified atom stereocenters. The lowest BCUT2D eigenvalue weighted by atomic mass is 9.98. The maximum absolute atomic E-state index is 12.5. The first-order chi connectivity index (χ1) is 13.9. The van der Waals surface area contributed by atoms with Gasteiger partial charge in [-0.3, -0.25) is 14.5 Å². The van der Waals surface area contributed by atoms with Gasteiger partial charge in [0.1, 0.15) is 0 Å². The van der Waals surface area contributed by atoms with Crippen molar-refractivity contribution in [1.82, 2.24) is 14.8 Å². The Balaban J connectivity index is 1.31. The van der Waals surface area contributed by atoms with Crippen molar-refractivity contribution in [3.05, 3.63) is 34.2 Å². The predicted molar refractivity (Wildman–Crippen MR) is 116 cm³/mol. The first-order valence-electron chi connectivity index (χ1n) is 10.3. The number of hydrogen-bond donors (Lipinski definition) is 1. The summed E-state index contributed by atoms with van der Waals surface area (Å²) in [5.74, 6) is 0.515. The summed E-state index contributed by atoms with van der Waals surface area (Å²) in [6.07, 6.45) is 2.08. The zero-order valence-corrected chi connectivity index (χ0v) is 18.1. The fraction of sp³-hybridized carbons (Fsp3) is 0.500. The number of benzene rings is 1. The average Bonchev–Trinajstić information content (AvgIpc) is 3.42. The number of carbonyl (C=O) groups excluding carboxylic acids is 2. The van der Waals surface area contributed by atoms with Crippen LogP contribution >= 0.6 is 11.3 Å². The van der Waals surface area contributed by atoms with E-state index in [-0.39, 0.29) is 11.8 Å². The molecule has 4 rings (SSSR count). The molecular weight excluding hydrogens is 384 g/mol. The van der Waals surface area contributed by atoms with E-state index in [9.17, 15) is 9.59 Å². The number of nitrogens with one attached hydrogen (secondary N) is 1. The van der Waals surface area contributed by atoms with Gasteiger partial charge in [-0.2, -0.15) is 0 Å². The summed E-state index contributed by atoms with van der Waals surface area (Å²) < 4.78 is 0. The Morgan fingerprint density at radius 3 is 2.38 bits per heavy atom. The molecule has 1 aliphatic heterocycles. The normalized spacial score (nSPS) is 17.4. The van der Waals surface area contributed by atoms with Crippen LogP contribution < -0.4 is 5.32 Å². The van der Waals surface area contributed by atoms with Crippen molar-refractivity contribution in [2.24, 2.45) is 5.92 Å². The third-order valence-electron chi connectivity index (χ3n) is 5.66. The highest BCUT2D eigenvalue weighted by Gasteiger charge is 2.34. The van der Waals surface area contributed by atoms with Crippen molar-refractivity contribution in [3.63, 3.8) is 0 Å². The van der Waals surface area contributed by atoms with E-state index >= 15 is 0 Å². The second-order valence-electron chi connectivity index (χ2n) is 8.24. The minimum absolute atomic E-state index is 0.0507. The van der Waals surface area contributed by atoms with Crippen LogP contribution in [0.5, 0.6) is 0 Å². The highest BCUT2D eigenvalue weighted by Crippen LogP contribution is 2.32. The molecule has 0 radical (unpaired) electrons. The molecule has 0 atom stereocenters. The number of aromatic nitrogens is 1. The Labute approximate surface area is 175 Å². The van der Waals surface area contributed by atoms with E-state index < -0.39 is 0 Å². The predicted octanol–water partition coefficient (Wildman–Crippen LogP) is 3.23. The van der Waals surface area contributed by atoms with Crippen molar-refractivity contribution in [2.45, 2.75) is 33.6 Å². The number of aryl methyl sites for hydroxylation is 3. The molecule has 6 nitrogen and oxygen atoms in total. The Morgan fingerprint density at radius 2 is 1.76 bits per heavy atom. The molecule has 2 amide bonds. The summed E-state index contributed by atoms with van der Waals surface area (Å²) in [7, 11) is 0. The lowest BCUT2D eigenvalue weighted by molar-refractivity contribution is -0.134.